The van der Waals surface area contributed by atoms with Gasteiger partial charge in [-0.3, -0.25) is 0 Å². The molecule has 0 saturated heterocycles. The predicted molar refractivity (Wildman–Crippen MR) is 52.7 cm³/mol. The van der Waals surface area contributed by atoms with E-state index in [0.29, 0.717) is 0 Å². The second-order valence-corrected chi connectivity index (χ2v) is 3.94. The third-order valence-corrected chi connectivity index (χ3v) is 2.74. The van der Waals surface area contributed by atoms with E-state index in [2.05, 4.69) is 4.98 Å². The Hall–Kier alpha value is -0.970. The van der Waals surface area contributed by atoms with Crippen LogP contribution in [0.1, 0.15) is 30.8 Å². The molecule has 2 rings (SSSR count). The van der Waals surface area contributed by atoms with E-state index in [4.69, 9.17) is 5.73 Å². The van der Waals surface area contributed by atoms with Crippen LogP contribution in [0, 0.1) is 0 Å². The highest BCUT2D eigenvalue weighted by Gasteiger charge is 2.34. The van der Waals surface area contributed by atoms with E-state index >= 15 is 0 Å². The van der Waals surface area contributed by atoms with Gasteiger partial charge in [0.25, 0.3) is 5.92 Å². The minimum atomic E-state index is -2.88. The fourth-order valence-electron chi connectivity index (χ4n) is 1.90. The summed E-state index contributed by atoms with van der Waals surface area (Å²) in [6.45, 7) is 0.788. The summed E-state index contributed by atoms with van der Waals surface area (Å²) >= 11 is 0. The molecule has 2 N–H and O–H groups in total. The fourth-order valence-corrected chi connectivity index (χ4v) is 1.90. The molecular weight excluding hydrogens is 200 g/mol. The Balaban J connectivity index is 2.25. The number of hydrogen-bond acceptors (Lipinski definition) is 2. The standard InChI is InChI=1S/C10H15F2N3/c11-10(12,4-5-13)8-7-15-6-2-1-3-9(15)14-8/h7H,1-6,13H2. The van der Waals surface area contributed by atoms with Crippen molar-refractivity contribution in [1.29, 1.82) is 0 Å². The molecule has 84 valence electrons. The maximum atomic E-state index is 13.5. The number of fused-ring (bicyclic) bond motifs is 1. The van der Waals surface area contributed by atoms with Crippen molar-refractivity contribution in [2.75, 3.05) is 6.54 Å². The lowest BCUT2D eigenvalue weighted by molar-refractivity contribution is -0.0149. The Labute approximate surface area is 87.3 Å². The molecule has 0 aliphatic carbocycles. The van der Waals surface area contributed by atoms with Crippen LogP contribution in [-0.2, 0) is 18.9 Å². The van der Waals surface area contributed by atoms with Crippen LogP contribution in [0.15, 0.2) is 6.20 Å². The van der Waals surface area contributed by atoms with Crippen molar-refractivity contribution in [1.82, 2.24) is 9.55 Å². The molecule has 0 bridgehead atoms. The smallest absolute Gasteiger partial charge is 0.292 e. The molecule has 1 aromatic rings. The minimum absolute atomic E-state index is 0.0187. The zero-order valence-electron chi connectivity index (χ0n) is 8.55. The van der Waals surface area contributed by atoms with Gasteiger partial charge in [0.15, 0.2) is 0 Å². The van der Waals surface area contributed by atoms with Gasteiger partial charge in [-0.15, -0.1) is 0 Å². The van der Waals surface area contributed by atoms with Gasteiger partial charge >= 0.3 is 0 Å². The van der Waals surface area contributed by atoms with Gasteiger partial charge in [-0.05, 0) is 19.4 Å². The molecule has 1 aliphatic heterocycles. The van der Waals surface area contributed by atoms with E-state index in [-0.39, 0.29) is 18.7 Å². The van der Waals surface area contributed by atoms with E-state index in [1.165, 1.54) is 6.20 Å². The Bertz CT molecular complexity index is 323. The third kappa shape index (κ3) is 2.02. The second-order valence-electron chi connectivity index (χ2n) is 3.94. The molecule has 0 unspecified atom stereocenters. The first-order valence-corrected chi connectivity index (χ1v) is 5.28. The van der Waals surface area contributed by atoms with Crippen molar-refractivity contribution in [3.05, 3.63) is 17.7 Å². The maximum absolute atomic E-state index is 13.5. The molecule has 1 aliphatic rings. The number of aryl methyl sites for hydroxylation is 2. The largest absolute Gasteiger partial charge is 0.334 e. The molecule has 2 heterocycles. The summed E-state index contributed by atoms with van der Waals surface area (Å²) in [5.74, 6) is -2.09. The van der Waals surface area contributed by atoms with Crippen LogP contribution < -0.4 is 5.73 Å². The van der Waals surface area contributed by atoms with Crippen molar-refractivity contribution >= 4 is 0 Å². The van der Waals surface area contributed by atoms with Gasteiger partial charge in [0.2, 0.25) is 0 Å². The quantitative estimate of drug-likeness (QED) is 0.833. The minimum Gasteiger partial charge on any atom is -0.334 e. The number of halogens is 2. The Kier molecular flexibility index (Phi) is 2.73. The van der Waals surface area contributed by atoms with Crippen molar-refractivity contribution < 1.29 is 8.78 Å². The number of nitrogens with zero attached hydrogens (tertiary/aromatic N) is 2. The van der Waals surface area contributed by atoms with E-state index in [0.717, 1.165) is 31.6 Å². The normalized spacial score (nSPS) is 16.5. The lowest BCUT2D eigenvalue weighted by Crippen LogP contribution is -2.19. The number of nitrogens with two attached hydrogens (primary N) is 1. The summed E-state index contributed by atoms with van der Waals surface area (Å²) in [6, 6.07) is 0. The summed E-state index contributed by atoms with van der Waals surface area (Å²) in [6.07, 6.45) is 4.04. The van der Waals surface area contributed by atoms with Crippen molar-refractivity contribution in [3.8, 4) is 0 Å². The fraction of sp³-hybridized carbons (Fsp3) is 0.700. The van der Waals surface area contributed by atoms with Gasteiger partial charge in [0.1, 0.15) is 11.5 Å². The van der Waals surface area contributed by atoms with E-state index in [9.17, 15) is 8.78 Å². The van der Waals surface area contributed by atoms with E-state index in [1.807, 2.05) is 4.57 Å². The molecule has 15 heavy (non-hydrogen) atoms. The summed E-state index contributed by atoms with van der Waals surface area (Å²) in [5, 5.41) is 0. The molecule has 0 atom stereocenters. The van der Waals surface area contributed by atoms with Crippen LogP contribution in [0.2, 0.25) is 0 Å². The molecule has 0 aromatic carbocycles. The Morgan fingerprint density at radius 1 is 1.47 bits per heavy atom. The Morgan fingerprint density at radius 3 is 2.93 bits per heavy atom. The molecule has 5 heteroatoms. The topological polar surface area (TPSA) is 43.8 Å². The lowest BCUT2D eigenvalue weighted by atomic mass is 10.2. The average Bonchev–Trinajstić information content (AvgIpc) is 2.61. The first kappa shape index (κ1) is 10.5. The van der Waals surface area contributed by atoms with Crippen molar-refractivity contribution in [3.63, 3.8) is 0 Å². The molecule has 0 fully saturated rings. The second kappa shape index (κ2) is 3.89. The molecule has 0 saturated carbocycles. The lowest BCUT2D eigenvalue weighted by Gasteiger charge is -2.12. The highest BCUT2D eigenvalue weighted by atomic mass is 19.3. The van der Waals surface area contributed by atoms with Gasteiger partial charge < -0.3 is 10.3 Å². The van der Waals surface area contributed by atoms with Gasteiger partial charge in [-0.25, -0.2) is 4.98 Å². The number of aromatic nitrogens is 2. The molecule has 0 spiro atoms. The van der Waals surface area contributed by atoms with Crippen molar-refractivity contribution in [2.24, 2.45) is 5.73 Å². The summed E-state index contributed by atoms with van der Waals surface area (Å²) in [5.41, 5.74) is 5.04. The first-order chi connectivity index (χ1) is 7.13. The van der Waals surface area contributed by atoms with Gasteiger partial charge in [0.05, 0.1) is 0 Å². The maximum Gasteiger partial charge on any atom is 0.292 e. The number of rotatable bonds is 3. The van der Waals surface area contributed by atoms with Crippen LogP contribution in [-0.4, -0.2) is 16.1 Å². The zero-order valence-corrected chi connectivity index (χ0v) is 8.55. The van der Waals surface area contributed by atoms with E-state index in [1.54, 1.807) is 0 Å². The van der Waals surface area contributed by atoms with Crippen LogP contribution in [0.4, 0.5) is 8.78 Å². The summed E-state index contributed by atoms with van der Waals surface area (Å²) < 4.78 is 28.8. The van der Waals surface area contributed by atoms with Crippen molar-refractivity contribution in [2.45, 2.75) is 38.2 Å². The molecule has 0 amide bonds. The van der Waals surface area contributed by atoms with Gasteiger partial charge in [0, 0.05) is 25.6 Å². The molecule has 3 nitrogen and oxygen atoms in total. The molecular formula is C10H15F2N3. The molecule has 0 radical (unpaired) electrons. The van der Waals surface area contributed by atoms with Crippen LogP contribution >= 0.6 is 0 Å². The Morgan fingerprint density at radius 2 is 2.27 bits per heavy atom. The number of imidazole rings is 1. The first-order valence-electron chi connectivity index (χ1n) is 5.28. The monoisotopic (exact) mass is 215 g/mol. The summed E-state index contributed by atoms with van der Waals surface area (Å²) in [4.78, 5) is 4.00. The summed E-state index contributed by atoms with van der Waals surface area (Å²) in [7, 11) is 0. The predicted octanol–water partition coefficient (Wildman–Crippen LogP) is 1.66. The third-order valence-electron chi connectivity index (χ3n) is 2.74. The van der Waals surface area contributed by atoms with Crippen LogP contribution in [0.25, 0.3) is 0 Å². The SMILES string of the molecule is NCCC(F)(F)c1cn2c(n1)CCCC2. The van der Waals surface area contributed by atoms with Gasteiger partial charge in [-0.2, -0.15) is 8.78 Å². The van der Waals surface area contributed by atoms with Gasteiger partial charge in [-0.1, -0.05) is 0 Å². The van der Waals surface area contributed by atoms with Crippen LogP contribution in [0.3, 0.4) is 0 Å². The zero-order chi connectivity index (χ0) is 10.9. The highest BCUT2D eigenvalue weighted by Crippen LogP contribution is 2.31. The average molecular weight is 215 g/mol. The number of alkyl halides is 2. The number of hydrogen-bond donors (Lipinski definition) is 1. The van der Waals surface area contributed by atoms with Crippen LogP contribution in [0.5, 0.6) is 0 Å². The molecule has 1 aromatic heterocycles. The highest BCUT2D eigenvalue weighted by molar-refractivity contribution is 5.11. The van der Waals surface area contributed by atoms with E-state index < -0.39 is 5.92 Å².